The molecular weight excluding hydrogens is 182 g/mol. The van der Waals surface area contributed by atoms with Crippen LogP contribution >= 0.6 is 0 Å². The van der Waals surface area contributed by atoms with E-state index in [0.717, 1.165) is 5.92 Å². The standard InChI is InChI=1S/C14H29N/c1-4-11-15-12-14(9-6-10-14)8-5-7-13(2)3/h13,15H,4-12H2,1-3H3. The molecule has 1 aliphatic carbocycles. The van der Waals surface area contributed by atoms with Crippen molar-refractivity contribution in [1.82, 2.24) is 5.32 Å². The molecule has 0 radical (unpaired) electrons. The molecule has 1 heteroatoms. The highest BCUT2D eigenvalue weighted by atomic mass is 14.9. The van der Waals surface area contributed by atoms with Gasteiger partial charge in [-0.05, 0) is 43.6 Å². The summed E-state index contributed by atoms with van der Waals surface area (Å²) in [4.78, 5) is 0. The van der Waals surface area contributed by atoms with E-state index in [-0.39, 0.29) is 0 Å². The van der Waals surface area contributed by atoms with Crippen molar-refractivity contribution < 1.29 is 0 Å². The van der Waals surface area contributed by atoms with Crippen molar-refractivity contribution in [3.05, 3.63) is 0 Å². The Labute approximate surface area is 96.0 Å². The van der Waals surface area contributed by atoms with Gasteiger partial charge in [-0.2, -0.15) is 0 Å². The average molecular weight is 211 g/mol. The summed E-state index contributed by atoms with van der Waals surface area (Å²) in [6, 6.07) is 0. The molecular formula is C14H29N. The first kappa shape index (κ1) is 13.0. The lowest BCUT2D eigenvalue weighted by molar-refractivity contribution is 0.111. The molecule has 1 nitrogen and oxygen atoms in total. The molecule has 0 aromatic heterocycles. The maximum absolute atomic E-state index is 3.62. The van der Waals surface area contributed by atoms with Gasteiger partial charge in [-0.1, -0.05) is 40.0 Å². The van der Waals surface area contributed by atoms with Crippen LogP contribution in [-0.2, 0) is 0 Å². The third-order valence-electron chi connectivity index (χ3n) is 3.83. The molecule has 1 rings (SSSR count). The summed E-state index contributed by atoms with van der Waals surface area (Å²) in [6.45, 7) is 9.40. The summed E-state index contributed by atoms with van der Waals surface area (Å²) in [7, 11) is 0. The highest BCUT2D eigenvalue weighted by Gasteiger charge is 2.35. The second-order valence-corrected chi connectivity index (χ2v) is 5.82. The van der Waals surface area contributed by atoms with Crippen LogP contribution in [0.3, 0.4) is 0 Å². The molecule has 1 saturated carbocycles. The Morgan fingerprint density at radius 2 is 2.00 bits per heavy atom. The zero-order valence-corrected chi connectivity index (χ0v) is 10.9. The molecule has 0 amide bonds. The average Bonchev–Trinajstić information content (AvgIpc) is 2.12. The Morgan fingerprint density at radius 3 is 2.47 bits per heavy atom. The largest absolute Gasteiger partial charge is 0.316 e. The Morgan fingerprint density at radius 1 is 1.27 bits per heavy atom. The van der Waals surface area contributed by atoms with E-state index in [1.807, 2.05) is 0 Å². The second-order valence-electron chi connectivity index (χ2n) is 5.82. The molecule has 1 N–H and O–H groups in total. The number of rotatable bonds is 8. The van der Waals surface area contributed by atoms with Crippen molar-refractivity contribution in [2.75, 3.05) is 13.1 Å². The molecule has 1 aliphatic rings. The molecule has 0 unspecified atom stereocenters. The molecule has 15 heavy (non-hydrogen) atoms. The van der Waals surface area contributed by atoms with Crippen LogP contribution < -0.4 is 5.32 Å². The number of nitrogens with one attached hydrogen (secondary N) is 1. The van der Waals surface area contributed by atoms with Crippen molar-refractivity contribution in [2.24, 2.45) is 11.3 Å². The lowest BCUT2D eigenvalue weighted by Gasteiger charge is -2.42. The van der Waals surface area contributed by atoms with Gasteiger partial charge in [0.1, 0.15) is 0 Å². The van der Waals surface area contributed by atoms with E-state index in [0.29, 0.717) is 5.41 Å². The van der Waals surface area contributed by atoms with Crippen LogP contribution in [-0.4, -0.2) is 13.1 Å². The number of hydrogen-bond donors (Lipinski definition) is 1. The SMILES string of the molecule is CCCNCC1(CCCC(C)C)CCC1. The van der Waals surface area contributed by atoms with Gasteiger partial charge in [-0.3, -0.25) is 0 Å². The zero-order valence-electron chi connectivity index (χ0n) is 10.9. The summed E-state index contributed by atoms with van der Waals surface area (Å²) in [6.07, 6.45) is 9.99. The lowest BCUT2D eigenvalue weighted by atomic mass is 9.65. The Bertz CT molecular complexity index is 159. The van der Waals surface area contributed by atoms with E-state index >= 15 is 0 Å². The molecule has 0 bridgehead atoms. The Balaban J connectivity index is 2.15. The quantitative estimate of drug-likeness (QED) is 0.599. The zero-order chi connectivity index (χ0) is 11.1. The van der Waals surface area contributed by atoms with Crippen LogP contribution in [0, 0.1) is 11.3 Å². The maximum atomic E-state index is 3.62. The first-order chi connectivity index (χ1) is 7.18. The van der Waals surface area contributed by atoms with E-state index in [9.17, 15) is 0 Å². The van der Waals surface area contributed by atoms with Crippen molar-refractivity contribution in [3.8, 4) is 0 Å². The fourth-order valence-corrected chi connectivity index (χ4v) is 2.61. The molecule has 90 valence electrons. The molecule has 1 fully saturated rings. The highest BCUT2D eigenvalue weighted by molar-refractivity contribution is 4.89. The third-order valence-corrected chi connectivity index (χ3v) is 3.83. The van der Waals surface area contributed by atoms with E-state index < -0.39 is 0 Å². The second kappa shape index (κ2) is 6.52. The Kier molecular flexibility index (Phi) is 5.66. The van der Waals surface area contributed by atoms with Crippen LogP contribution in [0.1, 0.15) is 65.7 Å². The highest BCUT2D eigenvalue weighted by Crippen LogP contribution is 2.44. The minimum absolute atomic E-state index is 0.698. The lowest BCUT2D eigenvalue weighted by Crippen LogP contribution is -2.40. The molecule has 0 heterocycles. The van der Waals surface area contributed by atoms with Crippen molar-refractivity contribution >= 4 is 0 Å². The molecule has 0 spiro atoms. The molecule has 0 atom stereocenters. The van der Waals surface area contributed by atoms with Crippen molar-refractivity contribution in [2.45, 2.75) is 65.7 Å². The fourth-order valence-electron chi connectivity index (χ4n) is 2.61. The minimum atomic E-state index is 0.698. The summed E-state index contributed by atoms with van der Waals surface area (Å²) >= 11 is 0. The van der Waals surface area contributed by atoms with Gasteiger partial charge in [-0.25, -0.2) is 0 Å². The van der Waals surface area contributed by atoms with E-state index in [2.05, 4.69) is 26.1 Å². The predicted molar refractivity (Wildman–Crippen MR) is 68.1 cm³/mol. The smallest absolute Gasteiger partial charge is 0.000780 e. The first-order valence-corrected chi connectivity index (χ1v) is 6.89. The summed E-state index contributed by atoms with van der Waals surface area (Å²) < 4.78 is 0. The minimum Gasteiger partial charge on any atom is -0.316 e. The van der Waals surface area contributed by atoms with Gasteiger partial charge in [-0.15, -0.1) is 0 Å². The summed E-state index contributed by atoms with van der Waals surface area (Å²) in [5, 5.41) is 3.62. The third kappa shape index (κ3) is 4.55. The molecule has 0 saturated heterocycles. The maximum Gasteiger partial charge on any atom is 0.000780 e. The van der Waals surface area contributed by atoms with E-state index in [4.69, 9.17) is 0 Å². The molecule has 0 aliphatic heterocycles. The topological polar surface area (TPSA) is 12.0 Å². The Hall–Kier alpha value is -0.0400. The van der Waals surface area contributed by atoms with Crippen LogP contribution in [0.25, 0.3) is 0 Å². The summed E-state index contributed by atoms with van der Waals surface area (Å²) in [5.41, 5.74) is 0.698. The van der Waals surface area contributed by atoms with Gasteiger partial charge >= 0.3 is 0 Å². The number of hydrogen-bond acceptors (Lipinski definition) is 1. The summed E-state index contributed by atoms with van der Waals surface area (Å²) in [5.74, 6) is 0.880. The van der Waals surface area contributed by atoms with Crippen LogP contribution in [0.5, 0.6) is 0 Å². The first-order valence-electron chi connectivity index (χ1n) is 6.89. The van der Waals surface area contributed by atoms with Gasteiger partial charge in [0.05, 0.1) is 0 Å². The van der Waals surface area contributed by atoms with Gasteiger partial charge in [0.25, 0.3) is 0 Å². The van der Waals surface area contributed by atoms with Gasteiger partial charge < -0.3 is 5.32 Å². The van der Waals surface area contributed by atoms with Gasteiger partial charge in [0, 0.05) is 6.54 Å². The van der Waals surface area contributed by atoms with Crippen molar-refractivity contribution in [1.29, 1.82) is 0 Å². The van der Waals surface area contributed by atoms with Crippen molar-refractivity contribution in [3.63, 3.8) is 0 Å². The fraction of sp³-hybridized carbons (Fsp3) is 1.00. The predicted octanol–water partition coefficient (Wildman–Crippen LogP) is 3.98. The van der Waals surface area contributed by atoms with Crippen LogP contribution in [0.4, 0.5) is 0 Å². The monoisotopic (exact) mass is 211 g/mol. The van der Waals surface area contributed by atoms with Gasteiger partial charge in [0.2, 0.25) is 0 Å². The van der Waals surface area contributed by atoms with Gasteiger partial charge in [0.15, 0.2) is 0 Å². The normalized spacial score (nSPS) is 19.2. The van der Waals surface area contributed by atoms with E-state index in [1.165, 1.54) is 58.0 Å². The van der Waals surface area contributed by atoms with E-state index in [1.54, 1.807) is 0 Å². The molecule has 0 aromatic carbocycles. The molecule has 0 aromatic rings. The van der Waals surface area contributed by atoms with Crippen LogP contribution in [0.2, 0.25) is 0 Å². The van der Waals surface area contributed by atoms with Crippen LogP contribution in [0.15, 0.2) is 0 Å².